The molecule has 7 heteroatoms. The molecule has 1 amide bonds. The van der Waals surface area contributed by atoms with E-state index in [1.165, 1.54) is 0 Å². The lowest BCUT2D eigenvalue weighted by molar-refractivity contribution is -0.143. The summed E-state index contributed by atoms with van der Waals surface area (Å²) < 4.78 is 16.9. The topological polar surface area (TPSA) is 77.8 Å². The van der Waals surface area contributed by atoms with Gasteiger partial charge in [-0.2, -0.15) is 0 Å². The summed E-state index contributed by atoms with van der Waals surface area (Å²) in [7, 11) is 0. The van der Waals surface area contributed by atoms with E-state index in [4.69, 9.17) is 13.9 Å². The molecule has 0 atom stereocenters. The summed E-state index contributed by atoms with van der Waals surface area (Å²) in [4.78, 5) is 23.3. The van der Waals surface area contributed by atoms with Crippen LogP contribution in [0.3, 0.4) is 0 Å². The first kappa shape index (κ1) is 19.1. The van der Waals surface area contributed by atoms with Gasteiger partial charge in [0.25, 0.3) is 5.91 Å². The van der Waals surface area contributed by atoms with Crippen molar-refractivity contribution in [2.24, 2.45) is 0 Å². The Kier molecular flexibility index (Phi) is 7.53. The Morgan fingerprint density at radius 2 is 2.08 bits per heavy atom. The van der Waals surface area contributed by atoms with Gasteiger partial charge < -0.3 is 19.2 Å². The molecule has 134 valence electrons. The Bertz CT molecular complexity index is 713. The fraction of sp³-hybridized carbons (Fsp3) is 0.333. The number of ether oxygens (including phenoxy) is 2. The van der Waals surface area contributed by atoms with E-state index >= 15 is 0 Å². The molecule has 1 N–H and O–H groups in total. The fourth-order valence-electron chi connectivity index (χ4n) is 1.94. The quantitative estimate of drug-likeness (QED) is 0.638. The first-order chi connectivity index (χ1) is 12.1. The Balaban J connectivity index is 1.76. The molecule has 2 aromatic rings. The highest BCUT2D eigenvalue weighted by atomic mass is 79.9. The third kappa shape index (κ3) is 6.62. The molecule has 0 aliphatic rings. The Hall–Kier alpha value is -2.28. The summed E-state index contributed by atoms with van der Waals surface area (Å²) in [5, 5.41) is 2.62. The zero-order valence-corrected chi connectivity index (χ0v) is 15.5. The molecule has 6 nitrogen and oxygen atoms in total. The first-order valence-electron chi connectivity index (χ1n) is 7.99. The largest absolute Gasteiger partial charge is 0.486 e. The molecule has 0 spiro atoms. The van der Waals surface area contributed by atoms with Gasteiger partial charge in [0, 0.05) is 11.0 Å². The van der Waals surface area contributed by atoms with E-state index in [1.807, 2.05) is 31.2 Å². The maximum Gasteiger partial charge on any atom is 0.307 e. The van der Waals surface area contributed by atoms with Crippen molar-refractivity contribution >= 4 is 27.8 Å². The number of nitrogens with one attached hydrogen (secondary N) is 1. The van der Waals surface area contributed by atoms with Crippen molar-refractivity contribution in [2.45, 2.75) is 26.4 Å². The molecule has 1 aromatic carbocycles. The number of esters is 1. The number of hydrogen-bond acceptors (Lipinski definition) is 5. The molecule has 25 heavy (non-hydrogen) atoms. The number of hydrogen-bond donors (Lipinski definition) is 1. The van der Waals surface area contributed by atoms with E-state index in [1.54, 1.807) is 12.1 Å². The highest BCUT2D eigenvalue weighted by molar-refractivity contribution is 9.10. The van der Waals surface area contributed by atoms with Gasteiger partial charge >= 0.3 is 5.97 Å². The molecular weight excluding hydrogens is 390 g/mol. The molecule has 0 aliphatic heterocycles. The molecular formula is C18H20BrNO5. The summed E-state index contributed by atoms with van der Waals surface area (Å²) in [5.74, 6) is 0.700. The third-order valence-corrected chi connectivity index (χ3v) is 3.64. The molecule has 0 saturated heterocycles. The highest BCUT2D eigenvalue weighted by Crippen LogP contribution is 2.19. The lowest BCUT2D eigenvalue weighted by atomic mass is 10.3. The van der Waals surface area contributed by atoms with Crippen LogP contribution in [-0.4, -0.2) is 25.0 Å². The molecule has 1 aromatic heterocycles. The molecule has 0 aliphatic carbocycles. The van der Waals surface area contributed by atoms with E-state index in [2.05, 4.69) is 21.2 Å². The van der Waals surface area contributed by atoms with Gasteiger partial charge in [0.05, 0.1) is 13.0 Å². The molecule has 2 rings (SSSR count). The Morgan fingerprint density at radius 3 is 2.84 bits per heavy atom. The number of amides is 1. The van der Waals surface area contributed by atoms with Gasteiger partial charge in [-0.05, 0) is 36.8 Å². The number of furan rings is 1. The maximum absolute atomic E-state index is 12.0. The van der Waals surface area contributed by atoms with Crippen LogP contribution in [0.1, 0.15) is 36.1 Å². The van der Waals surface area contributed by atoms with Gasteiger partial charge in [-0.25, -0.2) is 0 Å². The molecule has 0 saturated carbocycles. The van der Waals surface area contributed by atoms with Crippen LogP contribution in [-0.2, 0) is 16.1 Å². The van der Waals surface area contributed by atoms with Crippen LogP contribution in [0.25, 0.3) is 0 Å². The molecule has 0 fully saturated rings. The standard InChI is InChI=1S/C18H20BrNO5/c1-2-10-23-17(21)8-9-20-18(22)16-7-6-15(25-16)12-24-14-5-3-4-13(19)11-14/h3-7,11H,2,8-10,12H2,1H3,(H,20,22). The minimum Gasteiger partial charge on any atom is -0.486 e. The van der Waals surface area contributed by atoms with Crippen LogP contribution in [0.2, 0.25) is 0 Å². The van der Waals surface area contributed by atoms with Gasteiger partial charge in [0.15, 0.2) is 5.76 Å². The highest BCUT2D eigenvalue weighted by Gasteiger charge is 2.12. The lowest BCUT2D eigenvalue weighted by Gasteiger charge is -2.05. The second kappa shape index (κ2) is 9.88. The minimum absolute atomic E-state index is 0.130. The van der Waals surface area contributed by atoms with Crippen LogP contribution in [0.5, 0.6) is 5.75 Å². The number of rotatable bonds is 9. The number of halogens is 1. The lowest BCUT2D eigenvalue weighted by Crippen LogP contribution is -2.26. The van der Waals surface area contributed by atoms with Crippen molar-refractivity contribution in [1.29, 1.82) is 0 Å². The molecule has 0 radical (unpaired) electrons. The number of benzene rings is 1. The third-order valence-electron chi connectivity index (χ3n) is 3.14. The normalized spacial score (nSPS) is 10.3. The smallest absolute Gasteiger partial charge is 0.307 e. The number of carbonyl (C=O) groups excluding carboxylic acids is 2. The average molecular weight is 410 g/mol. The van der Waals surface area contributed by atoms with Crippen molar-refractivity contribution in [3.8, 4) is 5.75 Å². The Labute approximate surface area is 154 Å². The van der Waals surface area contributed by atoms with Gasteiger partial charge in [-0.1, -0.05) is 28.9 Å². The molecule has 1 heterocycles. The summed E-state index contributed by atoms with van der Waals surface area (Å²) in [6.07, 6.45) is 0.903. The van der Waals surface area contributed by atoms with Crippen molar-refractivity contribution in [1.82, 2.24) is 5.32 Å². The van der Waals surface area contributed by atoms with E-state index in [0.29, 0.717) is 18.1 Å². The number of carbonyl (C=O) groups is 2. The predicted molar refractivity (Wildman–Crippen MR) is 95.4 cm³/mol. The van der Waals surface area contributed by atoms with Crippen molar-refractivity contribution in [2.75, 3.05) is 13.2 Å². The minimum atomic E-state index is -0.378. The summed E-state index contributed by atoms with van der Waals surface area (Å²) in [6.45, 7) is 2.73. The Morgan fingerprint density at radius 1 is 1.24 bits per heavy atom. The zero-order valence-electron chi connectivity index (χ0n) is 13.9. The second-order valence-corrected chi connectivity index (χ2v) is 6.15. The predicted octanol–water partition coefficient (Wildman–Crippen LogP) is 3.69. The summed E-state index contributed by atoms with van der Waals surface area (Å²) in [6, 6.07) is 10.7. The zero-order chi connectivity index (χ0) is 18.1. The average Bonchev–Trinajstić information content (AvgIpc) is 3.07. The van der Waals surface area contributed by atoms with Gasteiger partial charge in [-0.3, -0.25) is 9.59 Å². The van der Waals surface area contributed by atoms with Crippen LogP contribution in [0.4, 0.5) is 0 Å². The summed E-state index contributed by atoms with van der Waals surface area (Å²) in [5.41, 5.74) is 0. The van der Waals surface area contributed by atoms with Crippen molar-refractivity contribution < 1.29 is 23.5 Å². The van der Waals surface area contributed by atoms with E-state index in [0.717, 1.165) is 10.9 Å². The maximum atomic E-state index is 12.0. The monoisotopic (exact) mass is 409 g/mol. The summed E-state index contributed by atoms with van der Waals surface area (Å²) >= 11 is 3.37. The van der Waals surface area contributed by atoms with E-state index in [9.17, 15) is 9.59 Å². The fourth-order valence-corrected chi connectivity index (χ4v) is 2.32. The molecule has 0 bridgehead atoms. The first-order valence-corrected chi connectivity index (χ1v) is 8.78. The van der Waals surface area contributed by atoms with Crippen LogP contribution in [0, 0.1) is 0 Å². The van der Waals surface area contributed by atoms with Gasteiger partial charge in [-0.15, -0.1) is 0 Å². The van der Waals surface area contributed by atoms with Crippen LogP contribution >= 0.6 is 15.9 Å². The second-order valence-electron chi connectivity index (χ2n) is 5.24. The van der Waals surface area contributed by atoms with Gasteiger partial charge in [0.2, 0.25) is 0 Å². The van der Waals surface area contributed by atoms with Crippen LogP contribution in [0.15, 0.2) is 45.3 Å². The van der Waals surface area contributed by atoms with E-state index in [-0.39, 0.29) is 37.2 Å². The van der Waals surface area contributed by atoms with E-state index < -0.39 is 0 Å². The van der Waals surface area contributed by atoms with Crippen LogP contribution < -0.4 is 10.1 Å². The van der Waals surface area contributed by atoms with Crippen molar-refractivity contribution in [3.63, 3.8) is 0 Å². The molecule has 0 unspecified atom stereocenters. The van der Waals surface area contributed by atoms with Gasteiger partial charge in [0.1, 0.15) is 18.1 Å². The van der Waals surface area contributed by atoms with Crippen molar-refractivity contribution in [3.05, 3.63) is 52.4 Å². The SMILES string of the molecule is CCCOC(=O)CCNC(=O)c1ccc(COc2cccc(Br)c2)o1.